The van der Waals surface area contributed by atoms with Gasteiger partial charge in [0, 0.05) is 10.9 Å². The molecule has 2 heterocycles. The smallest absolute Gasteiger partial charge is 0.225 e. The normalized spacial score (nSPS) is 19.2. The molecule has 1 fully saturated rings. The topological polar surface area (TPSA) is 37.8 Å². The molecule has 100 valence electrons. The summed E-state index contributed by atoms with van der Waals surface area (Å²) in [5.41, 5.74) is 1.40. The summed E-state index contributed by atoms with van der Waals surface area (Å²) < 4.78 is 0. The molecule has 1 N–H and O–H groups in total. The van der Waals surface area contributed by atoms with Crippen LogP contribution in [0.2, 0.25) is 5.15 Å². The first-order valence-corrected chi connectivity index (χ1v) is 8.25. The quantitative estimate of drug-likeness (QED) is 0.844. The fourth-order valence-corrected chi connectivity index (χ4v) is 4.87. The zero-order chi connectivity index (χ0) is 12.8. The van der Waals surface area contributed by atoms with Crippen molar-refractivity contribution >= 4 is 39.1 Å². The van der Waals surface area contributed by atoms with E-state index in [-0.39, 0.29) is 0 Å². The Hall–Kier alpha value is -0.870. The monoisotopic (exact) mass is 293 g/mol. The minimum absolute atomic E-state index is 0.528. The third-order valence-corrected chi connectivity index (χ3v) is 5.67. The predicted octanol–water partition coefficient (Wildman–Crippen LogP) is 4.19. The Morgan fingerprint density at radius 1 is 1.11 bits per heavy atom. The Labute approximate surface area is 121 Å². The van der Waals surface area contributed by atoms with Crippen LogP contribution >= 0.6 is 22.9 Å². The number of halogens is 1. The first-order chi connectivity index (χ1) is 9.31. The van der Waals surface area contributed by atoms with Gasteiger partial charge in [0.15, 0.2) is 0 Å². The first kappa shape index (κ1) is 11.9. The fraction of sp³-hybridized carbons (Fsp3) is 0.571. The number of hydrogen-bond acceptors (Lipinski definition) is 4. The molecule has 0 amide bonds. The Kier molecular flexibility index (Phi) is 2.88. The van der Waals surface area contributed by atoms with Gasteiger partial charge in [0.05, 0.1) is 5.39 Å². The number of nitrogens with one attached hydrogen (secondary N) is 1. The first-order valence-electron chi connectivity index (χ1n) is 7.05. The molecule has 2 aromatic rings. The van der Waals surface area contributed by atoms with Crippen LogP contribution in [0.1, 0.15) is 42.5 Å². The molecule has 3 nitrogen and oxygen atoms in total. The fourth-order valence-electron chi connectivity index (χ4n) is 3.27. The van der Waals surface area contributed by atoms with E-state index in [1.165, 1.54) is 49.0 Å². The summed E-state index contributed by atoms with van der Waals surface area (Å²) in [7, 11) is 0. The highest BCUT2D eigenvalue weighted by Gasteiger charge is 2.22. The van der Waals surface area contributed by atoms with E-state index in [4.69, 9.17) is 11.6 Å². The number of nitrogens with zero attached hydrogens (tertiary/aromatic N) is 2. The van der Waals surface area contributed by atoms with Crippen molar-refractivity contribution in [2.45, 2.75) is 51.0 Å². The van der Waals surface area contributed by atoms with Crippen molar-refractivity contribution in [2.24, 2.45) is 0 Å². The van der Waals surface area contributed by atoms with Crippen LogP contribution in [0, 0.1) is 0 Å². The van der Waals surface area contributed by atoms with Crippen molar-refractivity contribution in [3.05, 3.63) is 15.6 Å². The van der Waals surface area contributed by atoms with Gasteiger partial charge in [-0.25, -0.2) is 9.97 Å². The van der Waals surface area contributed by atoms with Gasteiger partial charge in [-0.15, -0.1) is 11.3 Å². The molecule has 0 aliphatic heterocycles. The molecular weight excluding hydrogens is 278 g/mol. The van der Waals surface area contributed by atoms with E-state index < -0.39 is 0 Å². The van der Waals surface area contributed by atoms with Crippen molar-refractivity contribution in [1.29, 1.82) is 0 Å². The number of rotatable bonds is 2. The van der Waals surface area contributed by atoms with Gasteiger partial charge in [0.25, 0.3) is 0 Å². The molecule has 2 aliphatic rings. The van der Waals surface area contributed by atoms with Crippen LogP contribution in [0.5, 0.6) is 0 Å². The predicted molar refractivity (Wildman–Crippen MR) is 80.3 cm³/mol. The average molecular weight is 294 g/mol. The zero-order valence-electron chi connectivity index (χ0n) is 10.7. The third kappa shape index (κ3) is 2.01. The highest BCUT2D eigenvalue weighted by atomic mass is 35.5. The number of fused-ring (bicyclic) bond motifs is 3. The molecule has 4 rings (SSSR count). The summed E-state index contributed by atoms with van der Waals surface area (Å²) in [5, 5.41) is 5.18. The summed E-state index contributed by atoms with van der Waals surface area (Å²) in [4.78, 5) is 11.7. The molecule has 0 saturated heterocycles. The van der Waals surface area contributed by atoms with E-state index in [2.05, 4.69) is 15.3 Å². The van der Waals surface area contributed by atoms with Gasteiger partial charge in [-0.3, -0.25) is 0 Å². The van der Waals surface area contributed by atoms with Gasteiger partial charge in [-0.05, 0) is 37.7 Å². The second-order valence-corrected chi connectivity index (χ2v) is 6.94. The Morgan fingerprint density at radius 2 is 1.95 bits per heavy atom. The van der Waals surface area contributed by atoms with Gasteiger partial charge in [-0.2, -0.15) is 0 Å². The number of aromatic nitrogens is 2. The van der Waals surface area contributed by atoms with Crippen molar-refractivity contribution in [3.8, 4) is 0 Å². The number of thiophene rings is 1. The number of aryl methyl sites for hydroxylation is 2. The van der Waals surface area contributed by atoms with Crippen molar-refractivity contribution < 1.29 is 0 Å². The molecule has 0 aromatic carbocycles. The van der Waals surface area contributed by atoms with Gasteiger partial charge in [0.1, 0.15) is 9.98 Å². The molecule has 0 atom stereocenters. The van der Waals surface area contributed by atoms with E-state index in [0.29, 0.717) is 17.1 Å². The maximum absolute atomic E-state index is 6.39. The van der Waals surface area contributed by atoms with Gasteiger partial charge in [-0.1, -0.05) is 24.4 Å². The summed E-state index contributed by atoms with van der Waals surface area (Å²) in [5.74, 6) is 0.712. The Morgan fingerprint density at radius 3 is 2.79 bits per heavy atom. The van der Waals surface area contributed by atoms with Crippen molar-refractivity contribution in [2.75, 3.05) is 5.32 Å². The maximum Gasteiger partial charge on any atom is 0.225 e. The molecule has 0 bridgehead atoms. The lowest BCUT2D eigenvalue weighted by Gasteiger charge is -2.11. The molecule has 5 heteroatoms. The lowest BCUT2D eigenvalue weighted by atomic mass is 10.2. The highest BCUT2D eigenvalue weighted by molar-refractivity contribution is 7.19. The van der Waals surface area contributed by atoms with E-state index in [1.54, 1.807) is 11.3 Å². The third-order valence-electron chi connectivity index (χ3n) is 4.21. The van der Waals surface area contributed by atoms with Crippen LogP contribution in [-0.4, -0.2) is 16.0 Å². The zero-order valence-corrected chi connectivity index (χ0v) is 12.3. The molecule has 0 radical (unpaired) electrons. The molecule has 0 unspecified atom stereocenters. The highest BCUT2D eigenvalue weighted by Crippen LogP contribution is 2.39. The summed E-state index contributed by atoms with van der Waals surface area (Å²) in [6.45, 7) is 0. The molecule has 0 spiro atoms. The summed E-state index contributed by atoms with van der Waals surface area (Å²) in [6, 6.07) is 0.528. The van der Waals surface area contributed by atoms with Crippen molar-refractivity contribution in [3.63, 3.8) is 0 Å². The van der Waals surface area contributed by atoms with Crippen LogP contribution in [-0.2, 0) is 12.8 Å². The van der Waals surface area contributed by atoms with Crippen LogP contribution in [0.3, 0.4) is 0 Å². The summed E-state index contributed by atoms with van der Waals surface area (Å²) in [6.07, 6.45) is 8.61. The van der Waals surface area contributed by atoms with Crippen LogP contribution < -0.4 is 5.32 Å². The van der Waals surface area contributed by atoms with Crippen molar-refractivity contribution in [1.82, 2.24) is 9.97 Å². The van der Waals surface area contributed by atoms with E-state index in [0.717, 1.165) is 16.6 Å². The molecule has 1 saturated carbocycles. The number of anilines is 1. The van der Waals surface area contributed by atoms with Gasteiger partial charge >= 0.3 is 0 Å². The number of hydrogen-bond donors (Lipinski definition) is 1. The summed E-state index contributed by atoms with van der Waals surface area (Å²) >= 11 is 8.19. The minimum Gasteiger partial charge on any atom is -0.351 e. The average Bonchev–Trinajstić information content (AvgIpc) is 3.03. The lowest BCUT2D eigenvalue weighted by Crippen LogP contribution is -2.16. The standard InChI is InChI=1S/C14H16ClN3S/c15-12-11-9-6-3-7-10(9)19-13(11)18-14(17-12)16-8-4-1-2-5-8/h8H,1-7H2,(H,16,17,18). The van der Waals surface area contributed by atoms with Crippen LogP contribution in [0.15, 0.2) is 0 Å². The Balaban J connectivity index is 1.73. The lowest BCUT2D eigenvalue weighted by molar-refractivity contribution is 0.745. The SMILES string of the molecule is Clc1nc(NC2CCCC2)nc2sc3c(c12)CCC3. The van der Waals surface area contributed by atoms with E-state index in [9.17, 15) is 0 Å². The van der Waals surface area contributed by atoms with E-state index in [1.807, 2.05) is 0 Å². The Bertz CT molecular complexity index is 631. The second-order valence-electron chi connectivity index (χ2n) is 5.50. The maximum atomic E-state index is 6.39. The van der Waals surface area contributed by atoms with Gasteiger partial charge in [0.2, 0.25) is 5.95 Å². The van der Waals surface area contributed by atoms with Gasteiger partial charge < -0.3 is 5.32 Å². The van der Waals surface area contributed by atoms with Crippen LogP contribution in [0.25, 0.3) is 10.2 Å². The molecular formula is C14H16ClN3S. The minimum atomic E-state index is 0.528. The molecule has 19 heavy (non-hydrogen) atoms. The molecule has 2 aliphatic carbocycles. The largest absolute Gasteiger partial charge is 0.351 e. The van der Waals surface area contributed by atoms with E-state index >= 15 is 0 Å². The van der Waals surface area contributed by atoms with Crippen LogP contribution in [0.4, 0.5) is 5.95 Å². The second kappa shape index (κ2) is 4.60. The molecule has 2 aromatic heterocycles.